The van der Waals surface area contributed by atoms with E-state index in [9.17, 15) is 24.7 Å². The molecule has 1 unspecified atom stereocenters. The lowest BCUT2D eigenvalue weighted by molar-refractivity contribution is -0.256. The van der Waals surface area contributed by atoms with Crippen LogP contribution in [0.1, 0.15) is 19.8 Å². The van der Waals surface area contributed by atoms with Crippen molar-refractivity contribution in [2.75, 3.05) is 13.0 Å². The van der Waals surface area contributed by atoms with Crippen LogP contribution in [0.5, 0.6) is 0 Å². The van der Waals surface area contributed by atoms with Gasteiger partial charge in [-0.05, 0) is 6.42 Å². The Bertz CT molecular complexity index is 414. The van der Waals surface area contributed by atoms with Gasteiger partial charge < -0.3 is 39.9 Å². The standard InChI is InChI=1S/C11H22NO9P/c1-2-3-7(13)12-8-10(15)9(14)6(21-11(8)16)4-20-5-22(17,18)19/h6,8-11,14-16H,2-5H2,1H3,(H,12,13)(H2,17,18,19)/t6-,8-,9-,10-,11?/m1/s1. The molecule has 0 aromatic carbocycles. The molecule has 11 heteroatoms. The minimum Gasteiger partial charge on any atom is -0.388 e. The second-order valence-corrected chi connectivity index (χ2v) is 6.64. The second-order valence-electron chi connectivity index (χ2n) is 5.05. The Kier molecular flexibility index (Phi) is 7.36. The summed E-state index contributed by atoms with van der Waals surface area (Å²) in [6.45, 7) is 1.35. The van der Waals surface area contributed by atoms with Crippen LogP contribution in [0.2, 0.25) is 0 Å². The molecule has 1 aliphatic rings. The first kappa shape index (κ1) is 19.5. The van der Waals surface area contributed by atoms with Crippen molar-refractivity contribution in [2.45, 2.75) is 50.4 Å². The number of carbonyl (C=O) groups excluding carboxylic acids is 1. The summed E-state index contributed by atoms with van der Waals surface area (Å²) in [5, 5.41) is 32.0. The van der Waals surface area contributed by atoms with E-state index in [1.807, 2.05) is 0 Å². The van der Waals surface area contributed by atoms with Gasteiger partial charge >= 0.3 is 7.60 Å². The number of nitrogens with one attached hydrogen (secondary N) is 1. The number of hydrogen-bond acceptors (Lipinski definition) is 7. The molecule has 0 aromatic rings. The number of aliphatic hydroxyl groups is 3. The summed E-state index contributed by atoms with van der Waals surface area (Å²) in [5.74, 6) is -0.405. The summed E-state index contributed by atoms with van der Waals surface area (Å²) in [6, 6.07) is -1.20. The minimum absolute atomic E-state index is 0.195. The fraction of sp³-hybridized carbons (Fsp3) is 0.909. The Labute approximate surface area is 127 Å². The van der Waals surface area contributed by atoms with Crippen LogP contribution < -0.4 is 5.32 Å². The molecule has 1 rings (SSSR count). The van der Waals surface area contributed by atoms with Crippen molar-refractivity contribution in [2.24, 2.45) is 0 Å². The van der Waals surface area contributed by atoms with Crippen molar-refractivity contribution in [3.8, 4) is 0 Å². The Balaban J connectivity index is 2.56. The molecule has 0 spiro atoms. The highest BCUT2D eigenvalue weighted by Crippen LogP contribution is 2.34. The molecule has 22 heavy (non-hydrogen) atoms. The molecule has 5 atom stereocenters. The van der Waals surface area contributed by atoms with Crippen LogP contribution in [0.4, 0.5) is 0 Å². The topological polar surface area (TPSA) is 166 Å². The van der Waals surface area contributed by atoms with Crippen molar-refractivity contribution in [1.29, 1.82) is 0 Å². The van der Waals surface area contributed by atoms with Gasteiger partial charge in [0.05, 0.1) is 6.61 Å². The highest BCUT2D eigenvalue weighted by molar-refractivity contribution is 7.51. The monoisotopic (exact) mass is 343 g/mol. The first-order chi connectivity index (χ1) is 10.2. The fourth-order valence-corrected chi connectivity index (χ4v) is 2.36. The van der Waals surface area contributed by atoms with Gasteiger partial charge in [-0.3, -0.25) is 9.36 Å². The summed E-state index contributed by atoms with van der Waals surface area (Å²) in [4.78, 5) is 28.8. The van der Waals surface area contributed by atoms with Gasteiger partial charge in [-0.2, -0.15) is 0 Å². The Morgan fingerprint density at radius 2 is 1.91 bits per heavy atom. The van der Waals surface area contributed by atoms with Crippen molar-refractivity contribution in [1.82, 2.24) is 5.32 Å². The fourth-order valence-electron chi connectivity index (χ4n) is 2.01. The van der Waals surface area contributed by atoms with E-state index in [0.29, 0.717) is 6.42 Å². The molecule has 1 heterocycles. The zero-order valence-electron chi connectivity index (χ0n) is 12.0. The van der Waals surface area contributed by atoms with Gasteiger partial charge in [-0.15, -0.1) is 0 Å². The summed E-state index contributed by atoms with van der Waals surface area (Å²) in [5.41, 5.74) is 0. The van der Waals surface area contributed by atoms with Crippen molar-refractivity contribution >= 4 is 13.5 Å². The van der Waals surface area contributed by atoms with E-state index in [4.69, 9.17) is 19.3 Å². The van der Waals surface area contributed by atoms with Gasteiger partial charge in [0.15, 0.2) is 6.29 Å². The van der Waals surface area contributed by atoms with Crippen LogP contribution in [0.15, 0.2) is 0 Å². The molecule has 0 bridgehead atoms. The maximum atomic E-state index is 11.5. The molecule has 0 aromatic heterocycles. The second kappa shape index (κ2) is 8.32. The third-order valence-corrected chi connectivity index (χ3v) is 3.59. The Morgan fingerprint density at radius 1 is 1.27 bits per heavy atom. The number of hydrogen-bond donors (Lipinski definition) is 6. The first-order valence-electron chi connectivity index (χ1n) is 6.77. The Hall–Kier alpha value is -0.580. The third-order valence-electron chi connectivity index (χ3n) is 3.07. The molecule has 130 valence electrons. The average Bonchev–Trinajstić information content (AvgIpc) is 2.39. The molecule has 0 radical (unpaired) electrons. The lowest BCUT2D eigenvalue weighted by Crippen LogP contribution is -2.64. The van der Waals surface area contributed by atoms with Crippen molar-refractivity contribution < 1.29 is 43.9 Å². The van der Waals surface area contributed by atoms with Crippen molar-refractivity contribution in [3.63, 3.8) is 0 Å². The average molecular weight is 343 g/mol. The maximum absolute atomic E-state index is 11.5. The van der Waals surface area contributed by atoms with Gasteiger partial charge in [0, 0.05) is 6.42 Å². The van der Waals surface area contributed by atoms with E-state index in [-0.39, 0.29) is 6.42 Å². The lowest BCUT2D eigenvalue weighted by atomic mass is 9.97. The maximum Gasteiger partial charge on any atom is 0.350 e. The van der Waals surface area contributed by atoms with Crippen LogP contribution in [0.3, 0.4) is 0 Å². The summed E-state index contributed by atoms with van der Waals surface area (Å²) in [6.07, 6.45) is -5.87. The first-order valence-corrected chi connectivity index (χ1v) is 8.56. The van der Waals surface area contributed by atoms with E-state index in [1.54, 1.807) is 6.92 Å². The zero-order chi connectivity index (χ0) is 16.9. The molecule has 0 aliphatic carbocycles. The van der Waals surface area contributed by atoms with Crippen LogP contribution in [0.25, 0.3) is 0 Å². The molecule has 1 saturated heterocycles. The van der Waals surface area contributed by atoms with E-state index >= 15 is 0 Å². The summed E-state index contributed by atoms with van der Waals surface area (Å²) < 4.78 is 20.4. The van der Waals surface area contributed by atoms with E-state index in [0.717, 1.165) is 0 Å². The van der Waals surface area contributed by atoms with Gasteiger partial charge in [0.1, 0.15) is 30.7 Å². The highest BCUT2D eigenvalue weighted by atomic mass is 31.2. The van der Waals surface area contributed by atoms with Crippen molar-refractivity contribution in [3.05, 3.63) is 0 Å². The smallest absolute Gasteiger partial charge is 0.350 e. The molecule has 6 N–H and O–H groups in total. The molecule has 10 nitrogen and oxygen atoms in total. The van der Waals surface area contributed by atoms with Gasteiger partial charge in [-0.1, -0.05) is 6.92 Å². The van der Waals surface area contributed by atoms with Crippen LogP contribution in [0, 0.1) is 0 Å². The van der Waals surface area contributed by atoms with Gasteiger partial charge in [0.2, 0.25) is 5.91 Å². The predicted molar refractivity (Wildman–Crippen MR) is 72.6 cm³/mol. The minimum atomic E-state index is -4.36. The van der Waals surface area contributed by atoms with E-state index < -0.39 is 57.1 Å². The molecule has 1 fully saturated rings. The number of rotatable bonds is 7. The molecule has 1 aliphatic heterocycles. The molecule has 1 amide bonds. The SMILES string of the molecule is CCCC(=O)N[C@H]1C(O)O[C@H](COCP(=O)(O)O)[C@@H](O)[C@@H]1O. The molecular formula is C11H22NO9P. The highest BCUT2D eigenvalue weighted by Gasteiger charge is 2.44. The number of amides is 1. The quantitative estimate of drug-likeness (QED) is 0.283. The largest absolute Gasteiger partial charge is 0.388 e. The van der Waals surface area contributed by atoms with Crippen LogP contribution in [-0.4, -0.2) is 74.6 Å². The molecular weight excluding hydrogens is 321 g/mol. The Morgan fingerprint density at radius 3 is 2.45 bits per heavy atom. The van der Waals surface area contributed by atoms with Crippen LogP contribution in [-0.2, 0) is 18.8 Å². The number of aliphatic hydroxyl groups excluding tert-OH is 3. The van der Waals surface area contributed by atoms with Gasteiger partial charge in [0.25, 0.3) is 0 Å². The normalized spacial score (nSPS) is 32.7. The van der Waals surface area contributed by atoms with Gasteiger partial charge in [-0.25, -0.2) is 0 Å². The number of ether oxygens (including phenoxy) is 2. The summed E-state index contributed by atoms with van der Waals surface area (Å²) >= 11 is 0. The lowest BCUT2D eigenvalue weighted by Gasteiger charge is -2.40. The summed E-state index contributed by atoms with van der Waals surface area (Å²) in [7, 11) is -4.36. The predicted octanol–water partition coefficient (Wildman–Crippen LogP) is -2.14. The van der Waals surface area contributed by atoms with E-state index in [1.165, 1.54) is 0 Å². The number of carbonyl (C=O) groups is 1. The third kappa shape index (κ3) is 5.90. The molecule has 0 saturated carbocycles. The van der Waals surface area contributed by atoms with Crippen LogP contribution >= 0.6 is 7.60 Å². The van der Waals surface area contributed by atoms with E-state index in [2.05, 4.69) is 5.32 Å². The zero-order valence-corrected chi connectivity index (χ0v) is 12.9.